The van der Waals surface area contributed by atoms with Gasteiger partial charge < -0.3 is 5.32 Å². The van der Waals surface area contributed by atoms with Gasteiger partial charge in [0.05, 0.1) is 11.4 Å². The van der Waals surface area contributed by atoms with Crippen molar-refractivity contribution in [2.45, 2.75) is 13.8 Å². The molecule has 1 amide bonds. The number of anilines is 1. The van der Waals surface area contributed by atoms with Gasteiger partial charge in [-0.1, -0.05) is 35.9 Å². The number of amides is 1. The van der Waals surface area contributed by atoms with Crippen LogP contribution in [0.25, 0.3) is 28.2 Å². The molecule has 5 nitrogen and oxygen atoms in total. The van der Waals surface area contributed by atoms with Crippen LogP contribution in [0.1, 0.15) is 12.6 Å². The zero-order chi connectivity index (χ0) is 19.0. The minimum atomic E-state index is -0.104. The molecule has 0 aliphatic carbocycles. The molecule has 134 valence electrons. The van der Waals surface area contributed by atoms with Crippen LogP contribution in [0.4, 0.5) is 5.69 Å². The topological polar surface area (TPSA) is 59.3 Å². The van der Waals surface area contributed by atoms with Crippen LogP contribution in [-0.2, 0) is 4.79 Å². The van der Waals surface area contributed by atoms with Crippen LogP contribution >= 0.6 is 11.6 Å². The van der Waals surface area contributed by atoms with Gasteiger partial charge in [0.2, 0.25) is 5.91 Å². The van der Waals surface area contributed by atoms with Crippen molar-refractivity contribution in [3.8, 4) is 22.5 Å². The summed E-state index contributed by atoms with van der Waals surface area (Å²) in [6.45, 7) is 3.45. The number of aromatic nitrogens is 3. The molecule has 0 saturated heterocycles. The Morgan fingerprint density at radius 3 is 2.56 bits per heavy atom. The quantitative estimate of drug-likeness (QED) is 0.548. The van der Waals surface area contributed by atoms with Crippen molar-refractivity contribution < 1.29 is 4.79 Å². The zero-order valence-corrected chi connectivity index (χ0v) is 15.7. The maximum absolute atomic E-state index is 11.4. The van der Waals surface area contributed by atoms with Crippen molar-refractivity contribution in [3.05, 3.63) is 71.4 Å². The van der Waals surface area contributed by atoms with Crippen molar-refractivity contribution in [3.63, 3.8) is 0 Å². The van der Waals surface area contributed by atoms with Crippen molar-refractivity contribution in [1.82, 2.24) is 14.6 Å². The summed E-state index contributed by atoms with van der Waals surface area (Å²) in [6.07, 6.45) is 0. The molecule has 27 heavy (non-hydrogen) atoms. The van der Waals surface area contributed by atoms with E-state index >= 15 is 0 Å². The Morgan fingerprint density at radius 1 is 1.04 bits per heavy atom. The number of carbonyl (C=O) groups is 1. The van der Waals surface area contributed by atoms with Crippen LogP contribution in [0.15, 0.2) is 60.7 Å². The van der Waals surface area contributed by atoms with Gasteiger partial charge in [0.25, 0.3) is 0 Å². The SMILES string of the molecule is CC(=O)Nc1cccc(-c2cc(C)nc3cc(-c4ccc(Cl)cc4)nn23)c1. The third-order valence-electron chi connectivity index (χ3n) is 4.17. The third-order valence-corrected chi connectivity index (χ3v) is 4.43. The number of halogens is 1. The first kappa shape index (κ1) is 17.2. The van der Waals surface area contributed by atoms with Gasteiger partial charge in [-0.2, -0.15) is 5.10 Å². The van der Waals surface area contributed by atoms with Gasteiger partial charge in [-0.25, -0.2) is 9.50 Å². The maximum Gasteiger partial charge on any atom is 0.221 e. The Labute approximate surface area is 161 Å². The normalized spacial score (nSPS) is 10.9. The molecular formula is C21H17ClN4O. The molecule has 0 bridgehead atoms. The molecule has 6 heteroatoms. The Kier molecular flexibility index (Phi) is 4.38. The average Bonchev–Trinajstić information content (AvgIpc) is 3.05. The van der Waals surface area contributed by atoms with E-state index in [1.165, 1.54) is 6.92 Å². The van der Waals surface area contributed by atoms with Crippen LogP contribution in [0.2, 0.25) is 5.02 Å². The number of nitrogens with zero attached hydrogens (tertiary/aromatic N) is 3. The fourth-order valence-corrected chi connectivity index (χ4v) is 3.15. The number of benzene rings is 2. The lowest BCUT2D eigenvalue weighted by molar-refractivity contribution is -0.114. The van der Waals surface area contributed by atoms with Crippen LogP contribution in [0, 0.1) is 6.92 Å². The predicted molar refractivity (Wildman–Crippen MR) is 108 cm³/mol. The second-order valence-corrected chi connectivity index (χ2v) is 6.79. The van der Waals surface area contributed by atoms with Crippen LogP contribution in [-0.4, -0.2) is 20.5 Å². The fourth-order valence-electron chi connectivity index (χ4n) is 3.03. The maximum atomic E-state index is 11.4. The van der Waals surface area contributed by atoms with Gasteiger partial charge in [-0.05, 0) is 37.3 Å². The van der Waals surface area contributed by atoms with Crippen LogP contribution < -0.4 is 5.32 Å². The van der Waals surface area contributed by atoms with E-state index in [0.29, 0.717) is 5.02 Å². The average molecular weight is 377 g/mol. The molecule has 0 fully saturated rings. The van der Waals surface area contributed by atoms with Gasteiger partial charge in [-0.3, -0.25) is 4.79 Å². The number of hydrogen-bond donors (Lipinski definition) is 1. The van der Waals surface area contributed by atoms with E-state index in [-0.39, 0.29) is 5.91 Å². The summed E-state index contributed by atoms with van der Waals surface area (Å²) in [4.78, 5) is 16.0. The van der Waals surface area contributed by atoms with Crippen LogP contribution in [0.3, 0.4) is 0 Å². The highest BCUT2D eigenvalue weighted by Crippen LogP contribution is 2.27. The van der Waals surface area contributed by atoms with Crippen molar-refractivity contribution in [1.29, 1.82) is 0 Å². The number of aryl methyl sites for hydroxylation is 1. The highest BCUT2D eigenvalue weighted by molar-refractivity contribution is 6.30. The molecule has 4 aromatic rings. The summed E-state index contributed by atoms with van der Waals surface area (Å²) in [6, 6.07) is 19.2. The fraction of sp³-hybridized carbons (Fsp3) is 0.0952. The largest absolute Gasteiger partial charge is 0.326 e. The van der Waals surface area contributed by atoms with E-state index in [1.54, 1.807) is 0 Å². The Bertz CT molecular complexity index is 1150. The molecule has 0 unspecified atom stereocenters. The van der Waals surface area contributed by atoms with Gasteiger partial charge in [0, 0.05) is 40.5 Å². The van der Waals surface area contributed by atoms with E-state index in [0.717, 1.165) is 39.5 Å². The molecule has 0 radical (unpaired) electrons. The number of nitrogens with one attached hydrogen (secondary N) is 1. The third kappa shape index (κ3) is 3.55. The minimum absolute atomic E-state index is 0.104. The summed E-state index contributed by atoms with van der Waals surface area (Å²) in [5.74, 6) is -0.104. The molecule has 2 aromatic heterocycles. The lowest BCUT2D eigenvalue weighted by Gasteiger charge is -2.09. The first-order valence-corrected chi connectivity index (χ1v) is 8.89. The Balaban J connectivity index is 1.86. The molecule has 0 aliphatic rings. The molecule has 1 N–H and O–H groups in total. The van der Waals surface area contributed by atoms with E-state index in [9.17, 15) is 4.79 Å². The summed E-state index contributed by atoms with van der Waals surface area (Å²) in [7, 11) is 0. The van der Waals surface area contributed by atoms with E-state index in [2.05, 4.69) is 10.3 Å². The lowest BCUT2D eigenvalue weighted by atomic mass is 10.1. The molecule has 4 rings (SSSR count). The van der Waals surface area contributed by atoms with E-state index in [1.807, 2.05) is 72.1 Å². The molecule has 2 heterocycles. The molecule has 2 aromatic carbocycles. The van der Waals surface area contributed by atoms with Crippen molar-refractivity contribution in [2.75, 3.05) is 5.32 Å². The molecule has 0 saturated carbocycles. The zero-order valence-electron chi connectivity index (χ0n) is 14.9. The summed E-state index contributed by atoms with van der Waals surface area (Å²) >= 11 is 5.99. The second-order valence-electron chi connectivity index (χ2n) is 6.35. The monoisotopic (exact) mass is 376 g/mol. The summed E-state index contributed by atoms with van der Waals surface area (Å²) in [5, 5.41) is 8.25. The lowest BCUT2D eigenvalue weighted by Crippen LogP contribution is -2.06. The smallest absolute Gasteiger partial charge is 0.221 e. The van der Waals surface area contributed by atoms with Crippen LogP contribution in [0.5, 0.6) is 0 Å². The molecule has 0 aliphatic heterocycles. The van der Waals surface area contributed by atoms with Gasteiger partial charge >= 0.3 is 0 Å². The Morgan fingerprint density at radius 2 is 1.81 bits per heavy atom. The van der Waals surface area contributed by atoms with Gasteiger partial charge in [0.15, 0.2) is 5.65 Å². The second kappa shape index (κ2) is 6.85. The Hall–Kier alpha value is -3.18. The molecule has 0 atom stereocenters. The number of rotatable bonds is 3. The van der Waals surface area contributed by atoms with E-state index < -0.39 is 0 Å². The van der Waals surface area contributed by atoms with Crippen molar-refractivity contribution in [2.24, 2.45) is 0 Å². The first-order chi connectivity index (χ1) is 13.0. The number of carbonyl (C=O) groups excluding carboxylic acids is 1. The standard InChI is InChI=1S/C21H17ClN4O/c1-13-10-20(16-4-3-5-18(11-16)24-14(2)27)26-21(23-13)12-19(25-26)15-6-8-17(22)9-7-15/h3-12H,1-2H3,(H,24,27). The minimum Gasteiger partial charge on any atom is -0.326 e. The van der Waals surface area contributed by atoms with E-state index in [4.69, 9.17) is 16.7 Å². The molecule has 0 spiro atoms. The molecular weight excluding hydrogens is 360 g/mol. The van der Waals surface area contributed by atoms with Gasteiger partial charge in [-0.15, -0.1) is 0 Å². The first-order valence-electron chi connectivity index (χ1n) is 8.51. The van der Waals surface area contributed by atoms with Crippen molar-refractivity contribution >= 4 is 28.8 Å². The predicted octanol–water partition coefficient (Wildman–Crippen LogP) is 4.98. The number of hydrogen-bond acceptors (Lipinski definition) is 3. The summed E-state index contributed by atoms with van der Waals surface area (Å²) in [5.41, 5.74) is 6.05. The number of fused-ring (bicyclic) bond motifs is 1. The highest BCUT2D eigenvalue weighted by Gasteiger charge is 2.12. The highest BCUT2D eigenvalue weighted by atomic mass is 35.5. The van der Waals surface area contributed by atoms with Gasteiger partial charge in [0.1, 0.15) is 0 Å². The summed E-state index contributed by atoms with van der Waals surface area (Å²) < 4.78 is 1.82.